The van der Waals surface area contributed by atoms with Crippen LogP contribution in [0.1, 0.15) is 39.2 Å². The minimum atomic E-state index is -0.504. The second-order valence-electron chi connectivity index (χ2n) is 10.8. The third kappa shape index (κ3) is 6.07. The third-order valence-electron chi connectivity index (χ3n) is 6.66. The van der Waals surface area contributed by atoms with Crippen LogP contribution >= 0.6 is 0 Å². The molecule has 1 amide bonds. The Hall–Kier alpha value is -4.07. The van der Waals surface area contributed by atoms with Gasteiger partial charge in [-0.15, -0.1) is 0 Å². The van der Waals surface area contributed by atoms with Crippen LogP contribution in [0.3, 0.4) is 0 Å². The van der Waals surface area contributed by atoms with Crippen molar-refractivity contribution in [3.05, 3.63) is 72.3 Å². The molecule has 1 aliphatic heterocycles. The van der Waals surface area contributed by atoms with Crippen molar-refractivity contribution in [1.82, 2.24) is 19.9 Å². The molecule has 2 aromatic carbocycles. The maximum absolute atomic E-state index is 12.6. The molecule has 2 aromatic heterocycles. The number of pyridine rings is 1. The van der Waals surface area contributed by atoms with Crippen LogP contribution in [-0.2, 0) is 11.3 Å². The molecule has 8 heteroatoms. The van der Waals surface area contributed by atoms with Gasteiger partial charge in [0, 0.05) is 31.7 Å². The molecule has 8 nitrogen and oxygen atoms in total. The average molecular weight is 514 g/mol. The number of carbonyl (C=O) groups is 1. The number of imidazole rings is 1. The number of hydrogen-bond donors (Lipinski definition) is 1. The number of anilines is 1. The molecular formula is C30H35N5O3. The van der Waals surface area contributed by atoms with Crippen molar-refractivity contribution in [3.8, 4) is 17.1 Å². The molecule has 3 heterocycles. The van der Waals surface area contributed by atoms with Crippen LogP contribution in [0.4, 0.5) is 10.6 Å². The molecular weight excluding hydrogens is 478 g/mol. The fraction of sp³-hybridized carbons (Fsp3) is 0.367. The topological polar surface area (TPSA) is 83.6 Å². The Kier molecular flexibility index (Phi) is 7.22. The van der Waals surface area contributed by atoms with Gasteiger partial charge in [-0.2, -0.15) is 0 Å². The number of likely N-dealkylation sites (N-methyl/N-ethyl adjacent to an activating group) is 1. The summed E-state index contributed by atoms with van der Waals surface area (Å²) in [6.07, 6.45) is 1.65. The van der Waals surface area contributed by atoms with Gasteiger partial charge < -0.3 is 24.3 Å². The van der Waals surface area contributed by atoms with E-state index < -0.39 is 5.60 Å². The lowest BCUT2D eigenvalue weighted by atomic mass is 10.0. The summed E-state index contributed by atoms with van der Waals surface area (Å²) in [5.41, 5.74) is 3.13. The lowest BCUT2D eigenvalue weighted by molar-refractivity contribution is 0.0199. The number of nitrogens with one attached hydrogen (secondary N) is 1. The maximum Gasteiger partial charge on any atom is 0.410 e. The van der Waals surface area contributed by atoms with Crippen LogP contribution in [0.5, 0.6) is 5.75 Å². The molecule has 1 aliphatic rings. The van der Waals surface area contributed by atoms with Gasteiger partial charge in [-0.3, -0.25) is 0 Å². The molecule has 1 N–H and O–H groups in total. The van der Waals surface area contributed by atoms with E-state index in [1.807, 2.05) is 94.5 Å². The van der Waals surface area contributed by atoms with Gasteiger partial charge in [0.15, 0.2) is 5.65 Å². The Balaban J connectivity index is 1.25. The summed E-state index contributed by atoms with van der Waals surface area (Å²) in [5.74, 6) is 2.40. The number of ether oxygens (including phenoxy) is 2. The number of benzene rings is 2. The zero-order valence-corrected chi connectivity index (χ0v) is 22.5. The Morgan fingerprint density at radius 1 is 1.05 bits per heavy atom. The molecule has 0 radical (unpaired) electrons. The van der Waals surface area contributed by atoms with E-state index in [0.717, 1.165) is 46.9 Å². The van der Waals surface area contributed by atoms with Crippen LogP contribution in [-0.4, -0.2) is 57.7 Å². The molecule has 0 spiro atoms. The summed E-state index contributed by atoms with van der Waals surface area (Å²) in [6, 6.07) is 22.2. The Labute approximate surface area is 223 Å². The van der Waals surface area contributed by atoms with E-state index in [2.05, 4.69) is 9.88 Å². The number of rotatable bonds is 6. The van der Waals surface area contributed by atoms with E-state index in [4.69, 9.17) is 19.4 Å². The van der Waals surface area contributed by atoms with Gasteiger partial charge in [-0.1, -0.05) is 30.3 Å². The number of aromatic nitrogens is 3. The van der Waals surface area contributed by atoms with Crippen LogP contribution in [0.25, 0.3) is 22.6 Å². The monoisotopic (exact) mass is 513 g/mol. The number of H-pyrrole nitrogens is 1. The summed E-state index contributed by atoms with van der Waals surface area (Å²) < 4.78 is 11.5. The van der Waals surface area contributed by atoms with Crippen LogP contribution < -0.4 is 9.64 Å². The van der Waals surface area contributed by atoms with Crippen molar-refractivity contribution in [2.45, 2.75) is 51.9 Å². The first-order chi connectivity index (χ1) is 18.2. The van der Waals surface area contributed by atoms with Crippen molar-refractivity contribution in [2.24, 2.45) is 0 Å². The van der Waals surface area contributed by atoms with E-state index in [9.17, 15) is 4.79 Å². The van der Waals surface area contributed by atoms with E-state index in [-0.39, 0.29) is 12.1 Å². The summed E-state index contributed by atoms with van der Waals surface area (Å²) in [4.78, 5) is 29.5. The zero-order valence-electron chi connectivity index (χ0n) is 22.5. The normalized spacial score (nSPS) is 15.9. The van der Waals surface area contributed by atoms with Crippen LogP contribution in [0.15, 0.2) is 66.7 Å². The molecule has 1 fully saturated rings. The molecule has 0 saturated carbocycles. The molecule has 1 saturated heterocycles. The van der Waals surface area contributed by atoms with Crippen LogP contribution in [0.2, 0.25) is 0 Å². The number of piperidine rings is 1. The largest absolute Gasteiger partial charge is 0.489 e. The molecule has 0 aliphatic carbocycles. The van der Waals surface area contributed by atoms with Gasteiger partial charge >= 0.3 is 6.09 Å². The molecule has 4 aromatic rings. The molecule has 1 unspecified atom stereocenters. The Bertz CT molecular complexity index is 1380. The van der Waals surface area contributed by atoms with Gasteiger partial charge in [-0.05, 0) is 75.6 Å². The third-order valence-corrected chi connectivity index (χ3v) is 6.66. The summed E-state index contributed by atoms with van der Waals surface area (Å²) in [5, 5.41) is 0. The number of fused-ring (bicyclic) bond motifs is 1. The van der Waals surface area contributed by atoms with E-state index in [1.165, 1.54) is 0 Å². The second kappa shape index (κ2) is 10.7. The number of aromatic amines is 1. The van der Waals surface area contributed by atoms with E-state index >= 15 is 0 Å². The molecule has 1 atom stereocenters. The highest BCUT2D eigenvalue weighted by atomic mass is 16.6. The summed E-state index contributed by atoms with van der Waals surface area (Å²) in [6.45, 7) is 7.53. The van der Waals surface area contributed by atoms with Gasteiger partial charge in [-0.25, -0.2) is 14.8 Å². The van der Waals surface area contributed by atoms with Gasteiger partial charge in [0.05, 0.1) is 5.52 Å². The number of hydrogen-bond acceptors (Lipinski definition) is 6. The van der Waals surface area contributed by atoms with Crippen molar-refractivity contribution >= 4 is 23.1 Å². The predicted octanol–water partition coefficient (Wildman–Crippen LogP) is 6.04. The lowest BCUT2D eigenvalue weighted by Gasteiger charge is -2.38. The summed E-state index contributed by atoms with van der Waals surface area (Å²) >= 11 is 0. The van der Waals surface area contributed by atoms with E-state index in [1.54, 1.807) is 4.90 Å². The number of carbonyl (C=O) groups excluding carboxylic acids is 1. The quantitative estimate of drug-likeness (QED) is 0.338. The Morgan fingerprint density at radius 3 is 2.55 bits per heavy atom. The molecule has 38 heavy (non-hydrogen) atoms. The highest BCUT2D eigenvalue weighted by Gasteiger charge is 2.30. The summed E-state index contributed by atoms with van der Waals surface area (Å²) in [7, 11) is 2.03. The SMILES string of the molecule is CN(c1ccc2[nH]c(-c3ccc(OCc4ccccc4)cc3)nc2n1)C1CCCN(C(=O)OC(C)(C)C)C1. The molecule has 5 rings (SSSR count). The predicted molar refractivity (Wildman–Crippen MR) is 149 cm³/mol. The first-order valence-electron chi connectivity index (χ1n) is 13.1. The zero-order chi connectivity index (χ0) is 26.7. The van der Waals surface area contributed by atoms with Gasteiger partial charge in [0.2, 0.25) is 0 Å². The molecule has 0 bridgehead atoms. The van der Waals surface area contributed by atoms with E-state index in [0.29, 0.717) is 25.3 Å². The second-order valence-corrected chi connectivity index (χ2v) is 10.8. The minimum absolute atomic E-state index is 0.156. The van der Waals surface area contributed by atoms with Gasteiger partial charge in [0.1, 0.15) is 29.6 Å². The van der Waals surface area contributed by atoms with Crippen molar-refractivity contribution in [1.29, 1.82) is 0 Å². The highest BCUT2D eigenvalue weighted by molar-refractivity contribution is 5.78. The maximum atomic E-state index is 12.6. The van der Waals surface area contributed by atoms with Crippen molar-refractivity contribution < 1.29 is 14.3 Å². The number of nitrogens with zero attached hydrogens (tertiary/aromatic N) is 4. The standard InChI is InChI=1S/C30H35N5O3/c1-30(2,3)38-29(36)35-18-8-11-23(19-35)34(4)26-17-16-25-28(32-26)33-27(31-25)22-12-14-24(15-13-22)37-20-21-9-6-5-7-10-21/h5-7,9-10,12-17,23H,8,11,18-20H2,1-4H3,(H,31,32,33). The molecule has 198 valence electrons. The van der Waals surface area contributed by atoms with Crippen LogP contribution in [0, 0.1) is 0 Å². The van der Waals surface area contributed by atoms with Gasteiger partial charge in [0.25, 0.3) is 0 Å². The number of likely N-dealkylation sites (tertiary alicyclic amines) is 1. The van der Waals surface area contributed by atoms with Crippen molar-refractivity contribution in [3.63, 3.8) is 0 Å². The fourth-order valence-corrected chi connectivity index (χ4v) is 4.62. The Morgan fingerprint density at radius 2 is 1.82 bits per heavy atom. The highest BCUT2D eigenvalue weighted by Crippen LogP contribution is 2.26. The smallest absolute Gasteiger partial charge is 0.410 e. The average Bonchev–Trinajstić information content (AvgIpc) is 3.35. The first-order valence-corrected chi connectivity index (χ1v) is 13.1. The minimum Gasteiger partial charge on any atom is -0.489 e. The fourth-order valence-electron chi connectivity index (χ4n) is 4.62. The lowest BCUT2D eigenvalue weighted by Crippen LogP contribution is -2.50. The number of amides is 1. The van der Waals surface area contributed by atoms with Crippen molar-refractivity contribution in [2.75, 3.05) is 25.0 Å². The first kappa shape index (κ1) is 25.6.